The molecule has 5 nitrogen and oxygen atoms in total. The summed E-state index contributed by atoms with van der Waals surface area (Å²) in [6, 6.07) is 24.2. The van der Waals surface area contributed by atoms with Gasteiger partial charge in [-0.2, -0.15) is 0 Å². The van der Waals surface area contributed by atoms with E-state index < -0.39 is 0 Å². The molecular weight excluding hydrogens is 350 g/mol. The number of para-hydroxylation sites is 1. The molecular formula is C23H21N3O2. The Labute approximate surface area is 164 Å². The molecule has 0 bridgehead atoms. The van der Waals surface area contributed by atoms with Crippen molar-refractivity contribution >= 4 is 23.3 Å². The van der Waals surface area contributed by atoms with Crippen LogP contribution in [0.25, 0.3) is 0 Å². The number of carbonyl (C=O) groups excluding carboxylic acids is 2. The van der Waals surface area contributed by atoms with Crippen LogP contribution in [0.1, 0.15) is 21.5 Å². The summed E-state index contributed by atoms with van der Waals surface area (Å²) >= 11 is 0. The van der Waals surface area contributed by atoms with Gasteiger partial charge in [0.15, 0.2) is 0 Å². The Morgan fingerprint density at radius 2 is 1.43 bits per heavy atom. The van der Waals surface area contributed by atoms with Gasteiger partial charge in [-0.1, -0.05) is 42.5 Å². The quantitative estimate of drug-likeness (QED) is 0.711. The second kappa shape index (κ2) is 7.96. The largest absolute Gasteiger partial charge is 0.334 e. The third kappa shape index (κ3) is 4.04. The zero-order valence-electron chi connectivity index (χ0n) is 15.4. The van der Waals surface area contributed by atoms with Crippen molar-refractivity contribution < 1.29 is 9.59 Å². The molecule has 1 aliphatic heterocycles. The number of fused-ring (bicyclic) bond motifs is 1. The number of nitrogens with zero attached hydrogens (tertiary/aromatic N) is 1. The van der Waals surface area contributed by atoms with Crippen LogP contribution in [0.3, 0.4) is 0 Å². The Bertz CT molecular complexity index is 987. The van der Waals surface area contributed by atoms with E-state index in [-0.39, 0.29) is 11.9 Å². The first-order chi connectivity index (χ1) is 13.7. The van der Waals surface area contributed by atoms with Crippen LogP contribution in [0.2, 0.25) is 0 Å². The number of anilines is 2. The van der Waals surface area contributed by atoms with Crippen molar-refractivity contribution in [3.63, 3.8) is 0 Å². The molecule has 28 heavy (non-hydrogen) atoms. The average Bonchev–Trinajstić information content (AvgIpc) is 2.74. The zero-order valence-corrected chi connectivity index (χ0v) is 15.4. The fourth-order valence-corrected chi connectivity index (χ4v) is 3.39. The van der Waals surface area contributed by atoms with Crippen LogP contribution in [0, 0.1) is 0 Å². The van der Waals surface area contributed by atoms with Crippen molar-refractivity contribution in [2.75, 3.05) is 17.2 Å². The SMILES string of the molecule is O=C(Nc1ccccc1)Nc1ccc2c(c1)CN(C(=O)c1ccccc1)CC2. The summed E-state index contributed by atoms with van der Waals surface area (Å²) in [5, 5.41) is 5.67. The smallest absolute Gasteiger partial charge is 0.323 e. The highest BCUT2D eigenvalue weighted by Gasteiger charge is 2.22. The van der Waals surface area contributed by atoms with Gasteiger partial charge in [-0.3, -0.25) is 4.79 Å². The lowest BCUT2D eigenvalue weighted by Gasteiger charge is -2.29. The minimum absolute atomic E-state index is 0.0337. The number of carbonyl (C=O) groups is 2. The number of hydrogen-bond donors (Lipinski definition) is 2. The molecule has 3 aromatic carbocycles. The molecule has 3 aromatic rings. The van der Waals surface area contributed by atoms with E-state index >= 15 is 0 Å². The second-order valence-corrected chi connectivity index (χ2v) is 6.77. The van der Waals surface area contributed by atoms with Gasteiger partial charge in [-0.15, -0.1) is 0 Å². The molecule has 0 fully saturated rings. The molecule has 4 rings (SSSR count). The Kier molecular flexibility index (Phi) is 5.06. The Hall–Kier alpha value is -3.60. The maximum atomic E-state index is 12.7. The molecule has 0 saturated carbocycles. The summed E-state index contributed by atoms with van der Waals surface area (Å²) in [6.45, 7) is 1.24. The van der Waals surface area contributed by atoms with Crippen molar-refractivity contribution in [2.24, 2.45) is 0 Å². The van der Waals surface area contributed by atoms with E-state index in [1.807, 2.05) is 83.8 Å². The van der Waals surface area contributed by atoms with Crippen molar-refractivity contribution in [2.45, 2.75) is 13.0 Å². The van der Waals surface area contributed by atoms with E-state index in [4.69, 9.17) is 0 Å². The maximum Gasteiger partial charge on any atom is 0.323 e. The van der Waals surface area contributed by atoms with Gasteiger partial charge in [0.25, 0.3) is 5.91 Å². The molecule has 0 unspecified atom stereocenters. The number of nitrogens with one attached hydrogen (secondary N) is 2. The lowest BCUT2D eigenvalue weighted by Crippen LogP contribution is -2.36. The molecule has 0 saturated heterocycles. The lowest BCUT2D eigenvalue weighted by molar-refractivity contribution is 0.0734. The van der Waals surface area contributed by atoms with Gasteiger partial charge in [-0.05, 0) is 53.9 Å². The molecule has 0 spiro atoms. The number of rotatable bonds is 3. The van der Waals surface area contributed by atoms with Crippen molar-refractivity contribution in [3.05, 3.63) is 95.6 Å². The highest BCUT2D eigenvalue weighted by molar-refractivity contribution is 5.99. The van der Waals surface area contributed by atoms with Crippen molar-refractivity contribution in [3.8, 4) is 0 Å². The highest BCUT2D eigenvalue weighted by Crippen LogP contribution is 2.24. The summed E-state index contributed by atoms with van der Waals surface area (Å²) in [5.74, 6) is 0.0337. The predicted molar refractivity (Wildman–Crippen MR) is 110 cm³/mol. The first kappa shape index (κ1) is 17.8. The third-order valence-corrected chi connectivity index (χ3v) is 4.82. The van der Waals surface area contributed by atoms with Crippen LogP contribution in [0.4, 0.5) is 16.2 Å². The minimum Gasteiger partial charge on any atom is -0.334 e. The van der Waals surface area contributed by atoms with Crippen LogP contribution >= 0.6 is 0 Å². The Balaban J connectivity index is 1.45. The van der Waals surface area contributed by atoms with Gasteiger partial charge < -0.3 is 15.5 Å². The van der Waals surface area contributed by atoms with Crippen molar-refractivity contribution in [1.82, 2.24) is 4.90 Å². The van der Waals surface area contributed by atoms with Gasteiger partial charge in [-0.25, -0.2) is 4.79 Å². The summed E-state index contributed by atoms with van der Waals surface area (Å²) in [6.07, 6.45) is 0.810. The topological polar surface area (TPSA) is 61.4 Å². The predicted octanol–water partition coefficient (Wildman–Crippen LogP) is 4.53. The molecule has 3 amide bonds. The molecule has 0 aromatic heterocycles. The first-order valence-corrected chi connectivity index (χ1v) is 9.28. The van der Waals surface area contributed by atoms with E-state index in [1.165, 1.54) is 5.56 Å². The first-order valence-electron chi connectivity index (χ1n) is 9.28. The summed E-state index contributed by atoms with van der Waals surface area (Å²) in [7, 11) is 0. The highest BCUT2D eigenvalue weighted by atomic mass is 16.2. The molecule has 0 aliphatic carbocycles. The van der Waals surface area contributed by atoms with Gasteiger partial charge in [0.2, 0.25) is 0 Å². The molecule has 1 aliphatic rings. The second-order valence-electron chi connectivity index (χ2n) is 6.77. The fraction of sp³-hybridized carbons (Fsp3) is 0.130. The molecule has 5 heteroatoms. The monoisotopic (exact) mass is 371 g/mol. The summed E-state index contributed by atoms with van der Waals surface area (Å²) in [4.78, 5) is 26.8. The van der Waals surface area contributed by atoms with E-state index in [0.29, 0.717) is 24.3 Å². The van der Waals surface area contributed by atoms with Gasteiger partial charge in [0, 0.05) is 30.0 Å². The van der Waals surface area contributed by atoms with Gasteiger partial charge >= 0.3 is 6.03 Å². The number of hydrogen-bond acceptors (Lipinski definition) is 2. The maximum absolute atomic E-state index is 12.7. The molecule has 140 valence electrons. The van der Waals surface area contributed by atoms with Crippen LogP contribution in [0.15, 0.2) is 78.9 Å². The average molecular weight is 371 g/mol. The summed E-state index contributed by atoms with van der Waals surface area (Å²) < 4.78 is 0. The number of urea groups is 1. The summed E-state index contributed by atoms with van der Waals surface area (Å²) in [5.41, 5.74) is 4.42. The standard InChI is InChI=1S/C23H21N3O2/c27-22(18-7-3-1-4-8-18)26-14-13-17-11-12-21(15-19(17)16-26)25-23(28)24-20-9-5-2-6-10-20/h1-12,15H,13-14,16H2,(H2,24,25,28). The van der Waals surface area contributed by atoms with Gasteiger partial charge in [0.1, 0.15) is 0 Å². The number of amides is 3. The van der Waals surface area contributed by atoms with Crippen molar-refractivity contribution in [1.29, 1.82) is 0 Å². The van der Waals surface area contributed by atoms with Crippen LogP contribution in [-0.4, -0.2) is 23.4 Å². The van der Waals surface area contributed by atoms with E-state index in [9.17, 15) is 9.59 Å². The normalized spacial score (nSPS) is 12.8. The molecule has 2 N–H and O–H groups in total. The van der Waals surface area contributed by atoms with Crippen LogP contribution in [-0.2, 0) is 13.0 Å². The third-order valence-electron chi connectivity index (χ3n) is 4.82. The fourth-order valence-electron chi connectivity index (χ4n) is 3.39. The lowest BCUT2D eigenvalue weighted by atomic mass is 9.98. The van der Waals surface area contributed by atoms with E-state index in [1.54, 1.807) is 0 Å². The molecule has 1 heterocycles. The zero-order chi connectivity index (χ0) is 19.3. The molecule has 0 radical (unpaired) electrons. The van der Waals surface area contributed by atoms with E-state index in [0.717, 1.165) is 17.7 Å². The number of benzene rings is 3. The van der Waals surface area contributed by atoms with E-state index in [2.05, 4.69) is 10.6 Å². The van der Waals surface area contributed by atoms with Gasteiger partial charge in [0.05, 0.1) is 0 Å². The van der Waals surface area contributed by atoms with Crippen LogP contribution in [0.5, 0.6) is 0 Å². The molecule has 0 atom stereocenters. The van der Waals surface area contributed by atoms with Crippen LogP contribution < -0.4 is 10.6 Å². The minimum atomic E-state index is -0.292. The Morgan fingerprint density at radius 1 is 0.750 bits per heavy atom. The Morgan fingerprint density at radius 3 is 2.18 bits per heavy atom.